The highest BCUT2D eigenvalue weighted by atomic mass is 32.2. The first-order chi connectivity index (χ1) is 10.5. The van der Waals surface area contributed by atoms with E-state index in [9.17, 15) is 13.7 Å². The van der Waals surface area contributed by atoms with E-state index in [0.29, 0.717) is 17.7 Å². The average Bonchev–Trinajstić information content (AvgIpc) is 2.96. The molecule has 2 aromatic carbocycles. The van der Waals surface area contributed by atoms with Crippen molar-refractivity contribution >= 4 is 21.3 Å². The lowest BCUT2D eigenvalue weighted by Gasteiger charge is -2.14. The molecule has 0 atom stereocenters. The molecule has 3 rings (SSSR count). The van der Waals surface area contributed by atoms with Crippen molar-refractivity contribution in [3.05, 3.63) is 65.2 Å². The molecule has 0 bridgehead atoms. The molecular weight excluding hydrogens is 296 g/mol. The summed E-state index contributed by atoms with van der Waals surface area (Å²) in [6.45, 7) is 1.92. The Hall–Kier alpha value is -2.58. The molecule has 0 saturated carbocycles. The summed E-state index contributed by atoms with van der Waals surface area (Å²) < 4.78 is 27.5. The highest BCUT2D eigenvalue weighted by Gasteiger charge is 2.22. The van der Waals surface area contributed by atoms with Gasteiger partial charge >= 0.3 is 0 Å². The van der Waals surface area contributed by atoms with Crippen LogP contribution in [0.5, 0.6) is 0 Å². The number of anilines is 1. The third-order valence-corrected chi connectivity index (χ3v) is 5.10. The first kappa shape index (κ1) is 14.4. The summed E-state index contributed by atoms with van der Waals surface area (Å²) in [5, 5.41) is 9.18. The second-order valence-electron chi connectivity index (χ2n) is 5.14. The summed E-state index contributed by atoms with van der Waals surface area (Å²) in [7, 11) is -3.63. The summed E-state index contributed by atoms with van der Waals surface area (Å²) in [5.74, 6) is 0. The molecule has 5 heteroatoms. The van der Waals surface area contributed by atoms with Crippen molar-refractivity contribution in [2.45, 2.75) is 18.2 Å². The molecule has 0 unspecified atom stereocenters. The zero-order chi connectivity index (χ0) is 15.7. The largest absolute Gasteiger partial charge is 0.279 e. The molecule has 4 nitrogen and oxygen atoms in total. The Labute approximate surface area is 129 Å². The van der Waals surface area contributed by atoms with Crippen LogP contribution in [-0.4, -0.2) is 8.42 Å². The normalized spacial score (nSPS) is 13.2. The van der Waals surface area contributed by atoms with Gasteiger partial charge in [0.25, 0.3) is 10.0 Å². The number of benzene rings is 2. The van der Waals surface area contributed by atoms with E-state index in [1.165, 1.54) is 0 Å². The second kappa shape index (κ2) is 5.32. The van der Waals surface area contributed by atoms with Crippen molar-refractivity contribution in [1.29, 1.82) is 5.26 Å². The fourth-order valence-corrected chi connectivity index (χ4v) is 3.77. The van der Waals surface area contributed by atoms with Crippen LogP contribution >= 0.6 is 0 Å². The van der Waals surface area contributed by atoms with E-state index >= 15 is 0 Å². The Morgan fingerprint density at radius 3 is 2.55 bits per heavy atom. The van der Waals surface area contributed by atoms with Gasteiger partial charge in [-0.05, 0) is 42.7 Å². The molecule has 1 N–H and O–H groups in total. The van der Waals surface area contributed by atoms with Gasteiger partial charge in [-0.1, -0.05) is 30.3 Å². The second-order valence-corrected chi connectivity index (χ2v) is 6.82. The fraction of sp³-hybridized carbons (Fsp3) is 0.118. The van der Waals surface area contributed by atoms with Crippen molar-refractivity contribution < 1.29 is 8.42 Å². The van der Waals surface area contributed by atoms with E-state index in [2.05, 4.69) is 10.8 Å². The minimum atomic E-state index is -3.63. The van der Waals surface area contributed by atoms with Gasteiger partial charge in [-0.15, -0.1) is 0 Å². The molecule has 22 heavy (non-hydrogen) atoms. The number of allylic oxidation sites excluding steroid dienone is 2. The number of hydrogen-bond acceptors (Lipinski definition) is 3. The van der Waals surface area contributed by atoms with E-state index in [-0.39, 0.29) is 4.90 Å². The number of fused-ring (bicyclic) bond motifs is 1. The van der Waals surface area contributed by atoms with Crippen molar-refractivity contribution in [3.8, 4) is 6.07 Å². The van der Waals surface area contributed by atoms with Crippen LogP contribution in [0.3, 0.4) is 0 Å². The summed E-state index contributed by atoms with van der Waals surface area (Å²) in [6.07, 6.45) is 2.39. The number of nitriles is 1. The van der Waals surface area contributed by atoms with E-state index in [4.69, 9.17) is 0 Å². The standard InChI is InChI=1S/C17H14N2O2S/c1-12-7-10-16(15-9-8-13(11-18)17(12)15)19-22(20,21)14-5-3-2-4-6-14/h2-8,10,19H,9H2,1H3. The SMILES string of the molecule is Cc1ccc(NS(=O)(=O)c2ccccc2)c2c1C(C#N)=CC2. The monoisotopic (exact) mass is 310 g/mol. The molecule has 0 amide bonds. The minimum Gasteiger partial charge on any atom is -0.279 e. The Bertz CT molecular complexity index is 908. The molecule has 1 aliphatic rings. The average molecular weight is 310 g/mol. The van der Waals surface area contributed by atoms with E-state index < -0.39 is 10.0 Å². The van der Waals surface area contributed by atoms with Gasteiger partial charge in [0.1, 0.15) is 0 Å². The zero-order valence-electron chi connectivity index (χ0n) is 12.0. The van der Waals surface area contributed by atoms with Gasteiger partial charge in [-0.3, -0.25) is 4.72 Å². The van der Waals surface area contributed by atoms with Crippen LogP contribution in [0.4, 0.5) is 5.69 Å². The van der Waals surface area contributed by atoms with Crippen LogP contribution < -0.4 is 4.72 Å². The highest BCUT2D eigenvalue weighted by Crippen LogP contribution is 2.35. The van der Waals surface area contributed by atoms with Crippen molar-refractivity contribution in [2.24, 2.45) is 0 Å². The molecule has 2 aromatic rings. The van der Waals surface area contributed by atoms with E-state index in [1.807, 2.05) is 19.1 Å². The van der Waals surface area contributed by atoms with Crippen LogP contribution in [0.25, 0.3) is 5.57 Å². The van der Waals surface area contributed by atoms with Gasteiger partial charge in [-0.25, -0.2) is 8.42 Å². The number of nitrogens with zero attached hydrogens (tertiary/aromatic N) is 1. The van der Waals surface area contributed by atoms with Gasteiger partial charge in [0, 0.05) is 5.56 Å². The van der Waals surface area contributed by atoms with Crippen LogP contribution in [0.15, 0.2) is 53.4 Å². The number of rotatable bonds is 3. The quantitative estimate of drug-likeness (QED) is 0.946. The molecule has 0 aromatic heterocycles. The zero-order valence-corrected chi connectivity index (χ0v) is 12.8. The van der Waals surface area contributed by atoms with Crippen LogP contribution in [-0.2, 0) is 16.4 Å². The molecule has 0 saturated heterocycles. The molecule has 110 valence electrons. The lowest BCUT2D eigenvalue weighted by molar-refractivity contribution is 0.601. The Kier molecular flexibility index (Phi) is 3.47. The molecule has 0 spiro atoms. The van der Waals surface area contributed by atoms with Crippen molar-refractivity contribution in [3.63, 3.8) is 0 Å². The summed E-state index contributed by atoms with van der Waals surface area (Å²) >= 11 is 0. The van der Waals surface area contributed by atoms with Crippen molar-refractivity contribution in [1.82, 2.24) is 0 Å². The third kappa shape index (κ3) is 2.38. The fourth-order valence-electron chi connectivity index (χ4n) is 2.66. The topological polar surface area (TPSA) is 70.0 Å². The van der Waals surface area contributed by atoms with E-state index in [1.54, 1.807) is 36.4 Å². The maximum absolute atomic E-state index is 12.4. The smallest absolute Gasteiger partial charge is 0.261 e. The number of hydrogen-bond donors (Lipinski definition) is 1. The van der Waals surface area contributed by atoms with Crippen LogP contribution in [0.1, 0.15) is 16.7 Å². The predicted molar refractivity (Wildman–Crippen MR) is 85.7 cm³/mol. The summed E-state index contributed by atoms with van der Waals surface area (Å²) in [4.78, 5) is 0.218. The first-order valence-electron chi connectivity index (χ1n) is 6.84. The molecule has 0 radical (unpaired) electrons. The van der Waals surface area contributed by atoms with Gasteiger partial charge in [0.2, 0.25) is 0 Å². The van der Waals surface area contributed by atoms with Gasteiger partial charge in [0.15, 0.2) is 0 Å². The molecular formula is C17H14N2O2S. The summed E-state index contributed by atoms with van der Waals surface area (Å²) in [6, 6.07) is 14.0. The molecule has 0 fully saturated rings. The number of nitrogens with one attached hydrogen (secondary N) is 1. The molecule has 1 aliphatic carbocycles. The Balaban J connectivity index is 2.03. The highest BCUT2D eigenvalue weighted by molar-refractivity contribution is 7.92. The van der Waals surface area contributed by atoms with E-state index in [0.717, 1.165) is 16.7 Å². The molecule has 0 heterocycles. The van der Waals surface area contributed by atoms with Crippen LogP contribution in [0, 0.1) is 18.3 Å². The lowest BCUT2D eigenvalue weighted by atomic mass is 9.99. The Morgan fingerprint density at radius 2 is 1.86 bits per heavy atom. The predicted octanol–water partition coefficient (Wildman–Crippen LogP) is 3.26. The first-order valence-corrected chi connectivity index (χ1v) is 8.32. The maximum atomic E-state index is 12.4. The number of aryl methyl sites for hydroxylation is 1. The van der Waals surface area contributed by atoms with Gasteiger partial charge in [0.05, 0.1) is 22.2 Å². The maximum Gasteiger partial charge on any atom is 0.261 e. The Morgan fingerprint density at radius 1 is 1.14 bits per heavy atom. The van der Waals surface area contributed by atoms with Crippen molar-refractivity contribution in [2.75, 3.05) is 4.72 Å². The van der Waals surface area contributed by atoms with Crippen LogP contribution in [0.2, 0.25) is 0 Å². The number of sulfonamides is 1. The van der Waals surface area contributed by atoms with Gasteiger partial charge in [-0.2, -0.15) is 5.26 Å². The molecule has 0 aliphatic heterocycles. The summed E-state index contributed by atoms with van der Waals surface area (Å²) in [5.41, 5.74) is 3.81. The van der Waals surface area contributed by atoms with Gasteiger partial charge < -0.3 is 0 Å². The third-order valence-electron chi connectivity index (χ3n) is 3.72. The lowest BCUT2D eigenvalue weighted by Crippen LogP contribution is -2.14. The minimum absolute atomic E-state index is 0.218.